The van der Waals surface area contributed by atoms with Gasteiger partial charge in [0, 0.05) is 6.07 Å². The molecule has 0 aliphatic carbocycles. The number of anilines is 1. The molecule has 0 spiro atoms. The highest BCUT2D eigenvalue weighted by atomic mass is 32.2. The van der Waals surface area contributed by atoms with E-state index in [4.69, 9.17) is 0 Å². The van der Waals surface area contributed by atoms with Crippen LogP contribution in [-0.4, -0.2) is 8.42 Å². The molecule has 0 aliphatic rings. The van der Waals surface area contributed by atoms with Crippen LogP contribution in [-0.2, 0) is 10.0 Å². The van der Waals surface area contributed by atoms with E-state index in [0.29, 0.717) is 11.6 Å². The van der Waals surface area contributed by atoms with Crippen molar-refractivity contribution >= 4 is 15.7 Å². The molecule has 2 rings (SSSR count). The van der Waals surface area contributed by atoms with Crippen molar-refractivity contribution in [2.24, 2.45) is 0 Å². The highest BCUT2D eigenvalue weighted by Crippen LogP contribution is 2.22. The van der Waals surface area contributed by atoms with E-state index in [1.165, 1.54) is 6.07 Å². The van der Waals surface area contributed by atoms with Gasteiger partial charge in [0.25, 0.3) is 10.0 Å². The smallest absolute Gasteiger partial charge is 0.264 e. The molecule has 20 heavy (non-hydrogen) atoms. The Balaban J connectivity index is 2.46. The predicted molar refractivity (Wildman–Crippen MR) is 68.3 cm³/mol. The molecular formula is C13H10F3NO2S. The molecule has 2 aromatic carbocycles. The fraction of sp³-hybridized carbons (Fsp3) is 0.0769. The number of rotatable bonds is 3. The van der Waals surface area contributed by atoms with Crippen LogP contribution in [0, 0.1) is 24.4 Å². The van der Waals surface area contributed by atoms with E-state index in [1.54, 1.807) is 6.92 Å². The van der Waals surface area contributed by atoms with Gasteiger partial charge in [-0.15, -0.1) is 0 Å². The van der Waals surface area contributed by atoms with Crippen molar-refractivity contribution in [1.29, 1.82) is 0 Å². The molecule has 1 N–H and O–H groups in total. The third kappa shape index (κ3) is 2.93. The molecule has 0 radical (unpaired) electrons. The molecule has 2 aromatic rings. The summed E-state index contributed by atoms with van der Waals surface area (Å²) in [6.45, 7) is 1.58. The maximum absolute atomic E-state index is 13.6. The number of hydrogen-bond acceptors (Lipinski definition) is 2. The molecule has 0 aliphatic heterocycles. The van der Waals surface area contributed by atoms with E-state index in [1.807, 2.05) is 4.72 Å². The minimum Gasteiger partial charge on any atom is -0.276 e. The van der Waals surface area contributed by atoms with E-state index < -0.39 is 38.1 Å². The van der Waals surface area contributed by atoms with Crippen molar-refractivity contribution in [3.05, 3.63) is 59.4 Å². The van der Waals surface area contributed by atoms with Crippen LogP contribution in [0.25, 0.3) is 0 Å². The van der Waals surface area contributed by atoms with Gasteiger partial charge in [0.15, 0.2) is 0 Å². The largest absolute Gasteiger partial charge is 0.276 e. The standard InChI is InChI=1S/C13H10F3NO2S/c1-8-2-4-11(16)13(6-8)20(18,19)17-12-7-9(14)3-5-10(12)15/h2-7,17H,1H3. The second-order valence-corrected chi connectivity index (χ2v) is 5.81. The summed E-state index contributed by atoms with van der Waals surface area (Å²) < 4.78 is 65.8. The van der Waals surface area contributed by atoms with E-state index >= 15 is 0 Å². The van der Waals surface area contributed by atoms with Gasteiger partial charge in [0.2, 0.25) is 0 Å². The highest BCUT2D eigenvalue weighted by molar-refractivity contribution is 7.92. The van der Waals surface area contributed by atoms with E-state index in [0.717, 1.165) is 24.3 Å². The Morgan fingerprint density at radius 2 is 1.60 bits per heavy atom. The van der Waals surface area contributed by atoms with Crippen LogP contribution in [0.5, 0.6) is 0 Å². The van der Waals surface area contributed by atoms with Crippen molar-refractivity contribution < 1.29 is 21.6 Å². The van der Waals surface area contributed by atoms with Gasteiger partial charge in [-0.1, -0.05) is 6.07 Å². The third-order valence-electron chi connectivity index (χ3n) is 2.55. The molecule has 106 valence electrons. The molecule has 7 heteroatoms. The fourth-order valence-electron chi connectivity index (χ4n) is 1.59. The van der Waals surface area contributed by atoms with Gasteiger partial charge >= 0.3 is 0 Å². The summed E-state index contributed by atoms with van der Waals surface area (Å²) >= 11 is 0. The predicted octanol–water partition coefficient (Wildman–Crippen LogP) is 3.21. The Morgan fingerprint density at radius 3 is 2.30 bits per heavy atom. The zero-order valence-corrected chi connectivity index (χ0v) is 11.1. The van der Waals surface area contributed by atoms with Gasteiger partial charge in [0.1, 0.15) is 22.3 Å². The first kappa shape index (κ1) is 14.4. The van der Waals surface area contributed by atoms with Crippen LogP contribution >= 0.6 is 0 Å². The van der Waals surface area contributed by atoms with Gasteiger partial charge in [-0.25, -0.2) is 21.6 Å². The zero-order chi connectivity index (χ0) is 14.9. The van der Waals surface area contributed by atoms with Crippen LogP contribution in [0.4, 0.5) is 18.9 Å². The molecule has 0 fully saturated rings. The summed E-state index contributed by atoms with van der Waals surface area (Å²) in [5.41, 5.74) is -0.0580. The average Bonchev–Trinajstić information content (AvgIpc) is 2.36. The first-order valence-corrected chi connectivity index (χ1v) is 7.02. The van der Waals surface area contributed by atoms with E-state index in [-0.39, 0.29) is 0 Å². The molecule has 0 amide bonds. The van der Waals surface area contributed by atoms with E-state index in [9.17, 15) is 21.6 Å². The molecule has 0 heterocycles. The summed E-state index contributed by atoms with van der Waals surface area (Å²) in [6, 6.07) is 5.80. The van der Waals surface area contributed by atoms with Crippen molar-refractivity contribution in [2.45, 2.75) is 11.8 Å². The lowest BCUT2D eigenvalue weighted by Gasteiger charge is -2.10. The summed E-state index contributed by atoms with van der Waals surface area (Å²) in [5.74, 6) is -2.74. The molecule has 0 unspecified atom stereocenters. The van der Waals surface area contributed by atoms with Gasteiger partial charge in [-0.3, -0.25) is 4.72 Å². The molecule has 0 saturated heterocycles. The minimum absolute atomic E-state index is 0.520. The molecule has 0 saturated carbocycles. The lowest BCUT2D eigenvalue weighted by atomic mass is 10.2. The van der Waals surface area contributed by atoms with Crippen molar-refractivity contribution in [3.8, 4) is 0 Å². The lowest BCUT2D eigenvalue weighted by Crippen LogP contribution is -2.16. The molecular weight excluding hydrogens is 291 g/mol. The number of hydrogen-bond donors (Lipinski definition) is 1. The van der Waals surface area contributed by atoms with Gasteiger partial charge in [-0.2, -0.15) is 0 Å². The van der Waals surface area contributed by atoms with Crippen LogP contribution in [0.2, 0.25) is 0 Å². The molecule has 3 nitrogen and oxygen atoms in total. The van der Waals surface area contributed by atoms with Gasteiger partial charge < -0.3 is 0 Å². The zero-order valence-electron chi connectivity index (χ0n) is 10.3. The number of aryl methyl sites for hydroxylation is 1. The summed E-state index contributed by atoms with van der Waals surface area (Å²) in [5, 5.41) is 0. The number of nitrogens with one attached hydrogen (secondary N) is 1. The monoisotopic (exact) mass is 301 g/mol. The lowest BCUT2D eigenvalue weighted by molar-refractivity contribution is 0.568. The third-order valence-corrected chi connectivity index (χ3v) is 3.93. The summed E-state index contributed by atoms with van der Waals surface area (Å²) in [4.78, 5) is -0.624. The molecule has 0 aromatic heterocycles. The van der Waals surface area contributed by atoms with Crippen LogP contribution < -0.4 is 4.72 Å². The van der Waals surface area contributed by atoms with E-state index in [2.05, 4.69) is 0 Å². The minimum atomic E-state index is -4.34. The van der Waals surface area contributed by atoms with Crippen LogP contribution in [0.15, 0.2) is 41.3 Å². The number of halogens is 3. The summed E-state index contributed by atoms with van der Waals surface area (Å²) in [7, 11) is -4.34. The Bertz CT molecular complexity index is 760. The Labute approximate surface area is 114 Å². The van der Waals surface area contributed by atoms with Crippen LogP contribution in [0.3, 0.4) is 0 Å². The molecule has 0 atom stereocenters. The molecule has 0 bridgehead atoms. The SMILES string of the molecule is Cc1ccc(F)c(S(=O)(=O)Nc2cc(F)ccc2F)c1. The summed E-state index contributed by atoms with van der Waals surface area (Å²) in [6.07, 6.45) is 0. The number of benzene rings is 2. The average molecular weight is 301 g/mol. The highest BCUT2D eigenvalue weighted by Gasteiger charge is 2.21. The second-order valence-electron chi connectivity index (χ2n) is 4.16. The van der Waals surface area contributed by atoms with Crippen molar-refractivity contribution in [3.63, 3.8) is 0 Å². The first-order valence-electron chi connectivity index (χ1n) is 5.53. The second kappa shape index (κ2) is 5.16. The quantitative estimate of drug-likeness (QED) is 0.946. The normalized spacial score (nSPS) is 11.4. The maximum Gasteiger partial charge on any atom is 0.264 e. The Hall–Kier alpha value is -2.02. The van der Waals surface area contributed by atoms with Crippen molar-refractivity contribution in [1.82, 2.24) is 0 Å². The Morgan fingerprint density at radius 1 is 0.950 bits per heavy atom. The van der Waals surface area contributed by atoms with Gasteiger partial charge in [-0.05, 0) is 36.8 Å². The number of sulfonamides is 1. The Kier molecular flexibility index (Phi) is 3.71. The fourth-order valence-corrected chi connectivity index (χ4v) is 2.81. The topological polar surface area (TPSA) is 46.2 Å². The van der Waals surface area contributed by atoms with Crippen LogP contribution in [0.1, 0.15) is 5.56 Å². The van der Waals surface area contributed by atoms with Crippen molar-refractivity contribution in [2.75, 3.05) is 4.72 Å². The van der Waals surface area contributed by atoms with Gasteiger partial charge in [0.05, 0.1) is 5.69 Å². The first-order chi connectivity index (χ1) is 9.29. The maximum atomic E-state index is 13.6.